The molecule has 1 amide bonds. The van der Waals surface area contributed by atoms with Crippen molar-refractivity contribution in [3.05, 3.63) is 16.6 Å². The monoisotopic (exact) mass is 245 g/mol. The molecule has 1 fully saturated rings. The van der Waals surface area contributed by atoms with Crippen LogP contribution in [0.5, 0.6) is 0 Å². The van der Waals surface area contributed by atoms with Crippen molar-refractivity contribution in [1.82, 2.24) is 9.97 Å². The first-order valence-corrected chi connectivity index (χ1v) is 4.83. The van der Waals surface area contributed by atoms with E-state index in [-0.39, 0.29) is 35.1 Å². The number of ketones is 1. The van der Waals surface area contributed by atoms with E-state index in [2.05, 4.69) is 9.97 Å². The van der Waals surface area contributed by atoms with Crippen LogP contribution in [0.3, 0.4) is 0 Å². The fraction of sp³-hybridized carbons (Fsp3) is 0.250. The van der Waals surface area contributed by atoms with E-state index in [0.717, 1.165) is 0 Å². The van der Waals surface area contributed by atoms with Crippen molar-refractivity contribution in [2.45, 2.75) is 6.42 Å². The second-order valence-electron chi connectivity index (χ2n) is 3.01. The summed E-state index contributed by atoms with van der Waals surface area (Å²) in [6, 6.07) is 0. The average Bonchev–Trinajstić information content (AvgIpc) is 2.45. The third-order valence-electron chi connectivity index (χ3n) is 1.97. The summed E-state index contributed by atoms with van der Waals surface area (Å²) in [6.45, 7) is 0.0174. The minimum Gasteiger partial charge on any atom is -0.300 e. The molecule has 1 aliphatic rings. The molecule has 0 atom stereocenters. The maximum atomic E-state index is 11.4. The smallest absolute Gasteiger partial charge is 0.235 e. The molecule has 0 bridgehead atoms. The Labute approximate surface area is 95.0 Å². The molecule has 78 valence electrons. The molecule has 0 N–H and O–H groups in total. The van der Waals surface area contributed by atoms with Crippen LogP contribution in [0.4, 0.5) is 5.69 Å². The van der Waals surface area contributed by atoms with Crippen molar-refractivity contribution in [2.75, 3.05) is 11.4 Å². The second-order valence-corrected chi connectivity index (χ2v) is 3.71. The summed E-state index contributed by atoms with van der Waals surface area (Å²) in [5, 5.41) is 0.0692. The summed E-state index contributed by atoms with van der Waals surface area (Å²) in [5.41, 5.74) is 0.317. The summed E-state index contributed by atoms with van der Waals surface area (Å²) in [7, 11) is 0. The third kappa shape index (κ3) is 1.93. The fourth-order valence-corrected chi connectivity index (χ4v) is 1.73. The summed E-state index contributed by atoms with van der Waals surface area (Å²) in [5.74, 6) is -0.446. The minimum atomic E-state index is -0.298. The maximum Gasteiger partial charge on any atom is 0.235 e. The van der Waals surface area contributed by atoms with Gasteiger partial charge in [0, 0.05) is 0 Å². The van der Waals surface area contributed by atoms with Gasteiger partial charge in [0.15, 0.2) is 10.9 Å². The number of rotatable bonds is 1. The van der Waals surface area contributed by atoms with E-state index in [1.165, 1.54) is 11.1 Å². The lowest BCUT2D eigenvalue weighted by Gasteiger charge is -2.14. The van der Waals surface area contributed by atoms with Crippen molar-refractivity contribution >= 4 is 40.6 Å². The number of Topliss-reactive ketones (excluding diaryl/α,β-unsaturated/α-hetero) is 1. The number of hydrogen-bond acceptors (Lipinski definition) is 4. The van der Waals surface area contributed by atoms with Crippen molar-refractivity contribution in [3.8, 4) is 0 Å². The van der Waals surface area contributed by atoms with E-state index in [1.807, 2.05) is 0 Å². The molecule has 0 spiro atoms. The highest BCUT2D eigenvalue weighted by atomic mass is 35.5. The quantitative estimate of drug-likeness (QED) is 0.422. The van der Waals surface area contributed by atoms with Crippen LogP contribution in [0.25, 0.3) is 0 Å². The van der Waals surface area contributed by atoms with Crippen LogP contribution in [0.1, 0.15) is 6.42 Å². The standard InChI is InChI=1S/C8H5Cl2N3O2/c9-7-5(2-11-8(10)12-7)13-3-4(14)1-6(13)15/h2H,1,3H2. The van der Waals surface area contributed by atoms with Crippen LogP contribution in [0.15, 0.2) is 6.20 Å². The zero-order chi connectivity index (χ0) is 11.0. The molecule has 15 heavy (non-hydrogen) atoms. The van der Waals surface area contributed by atoms with E-state index in [4.69, 9.17) is 23.2 Å². The van der Waals surface area contributed by atoms with Gasteiger partial charge in [-0.3, -0.25) is 9.59 Å². The molecule has 0 aromatic carbocycles. The zero-order valence-electron chi connectivity index (χ0n) is 7.41. The highest BCUT2D eigenvalue weighted by Gasteiger charge is 2.30. The summed E-state index contributed by atoms with van der Waals surface area (Å²) < 4.78 is 0. The van der Waals surface area contributed by atoms with Gasteiger partial charge in [-0.25, -0.2) is 9.97 Å². The molecule has 1 aromatic heterocycles. The SMILES string of the molecule is O=C1CC(=O)N(c2cnc(Cl)nc2Cl)C1. The van der Waals surface area contributed by atoms with Crippen LogP contribution < -0.4 is 4.90 Å². The van der Waals surface area contributed by atoms with Gasteiger partial charge in [-0.2, -0.15) is 0 Å². The lowest BCUT2D eigenvalue weighted by Crippen LogP contribution is -2.25. The first-order valence-electron chi connectivity index (χ1n) is 4.08. The van der Waals surface area contributed by atoms with Crippen LogP contribution in [0, 0.1) is 0 Å². The summed E-state index contributed by atoms with van der Waals surface area (Å²) in [4.78, 5) is 31.1. The molecule has 0 saturated carbocycles. The molecule has 0 unspecified atom stereocenters. The van der Waals surface area contributed by atoms with Crippen LogP contribution >= 0.6 is 23.2 Å². The molecule has 1 aromatic rings. The Kier molecular flexibility index (Phi) is 2.58. The summed E-state index contributed by atoms with van der Waals surface area (Å²) in [6.07, 6.45) is 1.23. The second kappa shape index (κ2) is 3.75. The number of amides is 1. The van der Waals surface area contributed by atoms with Gasteiger partial charge < -0.3 is 4.90 Å². The molecule has 5 nitrogen and oxygen atoms in total. The molecule has 2 rings (SSSR count). The molecule has 0 radical (unpaired) electrons. The Balaban J connectivity index is 2.38. The van der Waals surface area contributed by atoms with Gasteiger partial charge in [0.1, 0.15) is 5.69 Å². The van der Waals surface area contributed by atoms with Crippen molar-refractivity contribution in [1.29, 1.82) is 0 Å². The van der Waals surface area contributed by atoms with Gasteiger partial charge in [-0.1, -0.05) is 11.6 Å². The number of anilines is 1. The Morgan fingerprint density at radius 2 is 2.07 bits per heavy atom. The van der Waals surface area contributed by atoms with Crippen LogP contribution in [-0.2, 0) is 9.59 Å². The lowest BCUT2D eigenvalue weighted by molar-refractivity contribution is -0.121. The molecule has 0 aliphatic carbocycles. The zero-order valence-corrected chi connectivity index (χ0v) is 8.92. The number of nitrogens with zero attached hydrogens (tertiary/aromatic N) is 3. The average molecular weight is 246 g/mol. The normalized spacial score (nSPS) is 16.3. The molecule has 1 aliphatic heterocycles. The van der Waals surface area contributed by atoms with E-state index in [0.29, 0.717) is 5.69 Å². The van der Waals surface area contributed by atoms with Crippen molar-refractivity contribution in [3.63, 3.8) is 0 Å². The highest BCUT2D eigenvalue weighted by Crippen LogP contribution is 2.26. The van der Waals surface area contributed by atoms with Gasteiger partial charge in [0.25, 0.3) is 0 Å². The topological polar surface area (TPSA) is 63.2 Å². The number of carbonyl (C=O) groups excluding carboxylic acids is 2. The van der Waals surface area contributed by atoms with Crippen molar-refractivity contribution < 1.29 is 9.59 Å². The van der Waals surface area contributed by atoms with Gasteiger partial charge in [-0.15, -0.1) is 0 Å². The number of aromatic nitrogens is 2. The van der Waals surface area contributed by atoms with Crippen LogP contribution in [-0.4, -0.2) is 28.2 Å². The predicted octanol–water partition coefficient (Wildman–Crippen LogP) is 1.09. The van der Waals surface area contributed by atoms with Crippen molar-refractivity contribution in [2.24, 2.45) is 0 Å². The first kappa shape index (κ1) is 10.3. The largest absolute Gasteiger partial charge is 0.300 e. The van der Waals surface area contributed by atoms with Gasteiger partial charge in [-0.05, 0) is 11.6 Å². The Morgan fingerprint density at radius 3 is 2.60 bits per heavy atom. The van der Waals surface area contributed by atoms with E-state index in [1.54, 1.807) is 0 Å². The number of halogens is 2. The van der Waals surface area contributed by atoms with Gasteiger partial charge in [0.2, 0.25) is 11.2 Å². The maximum absolute atomic E-state index is 11.4. The molecular weight excluding hydrogens is 241 g/mol. The fourth-order valence-electron chi connectivity index (χ4n) is 1.32. The third-order valence-corrected chi connectivity index (χ3v) is 2.43. The predicted molar refractivity (Wildman–Crippen MR) is 54.0 cm³/mol. The molecule has 7 heteroatoms. The number of hydrogen-bond donors (Lipinski definition) is 0. The van der Waals surface area contributed by atoms with E-state index >= 15 is 0 Å². The lowest BCUT2D eigenvalue weighted by atomic mass is 10.3. The Bertz CT molecular complexity index is 450. The Morgan fingerprint density at radius 1 is 1.33 bits per heavy atom. The number of carbonyl (C=O) groups is 2. The van der Waals surface area contributed by atoms with Gasteiger partial charge >= 0.3 is 0 Å². The molecule has 1 saturated heterocycles. The van der Waals surface area contributed by atoms with E-state index < -0.39 is 0 Å². The Hall–Kier alpha value is -1.20. The molecular formula is C8H5Cl2N3O2. The van der Waals surface area contributed by atoms with Gasteiger partial charge in [0.05, 0.1) is 19.2 Å². The minimum absolute atomic E-state index is 0.00159. The summed E-state index contributed by atoms with van der Waals surface area (Å²) >= 11 is 11.3. The first-order chi connectivity index (χ1) is 7.08. The highest BCUT2D eigenvalue weighted by molar-refractivity contribution is 6.34. The van der Waals surface area contributed by atoms with E-state index in [9.17, 15) is 9.59 Å². The van der Waals surface area contributed by atoms with Crippen LogP contribution in [0.2, 0.25) is 10.4 Å². The molecule has 2 heterocycles.